The maximum Gasteiger partial charge on any atom is 0.259 e. The molecule has 0 saturated heterocycles. The van der Waals surface area contributed by atoms with E-state index in [0.717, 1.165) is 27.7 Å². The number of hydrogen-bond donors (Lipinski definition) is 1. The smallest absolute Gasteiger partial charge is 0.259 e. The molecule has 116 valence electrons. The Labute approximate surface area is 139 Å². The highest BCUT2D eigenvalue weighted by Gasteiger charge is 2.15. The summed E-state index contributed by atoms with van der Waals surface area (Å²) in [5.74, 6) is 0.434. The Kier molecular flexibility index (Phi) is 5.61. The summed E-state index contributed by atoms with van der Waals surface area (Å²) in [7, 11) is 0. The largest absolute Gasteiger partial charge is 0.493 e. The van der Waals surface area contributed by atoms with E-state index in [4.69, 9.17) is 4.74 Å². The third kappa shape index (κ3) is 3.69. The van der Waals surface area contributed by atoms with Crippen LogP contribution in [0.3, 0.4) is 0 Å². The number of carbonyl (C=O) groups excluding carboxylic acids is 1. The Bertz CT molecular complexity index is 683. The lowest BCUT2D eigenvalue weighted by Crippen LogP contribution is -2.15. The lowest BCUT2D eigenvalue weighted by molar-refractivity contribution is 0.102. The monoisotopic (exact) mass is 361 g/mol. The zero-order valence-electron chi connectivity index (χ0n) is 13.1. The average Bonchev–Trinajstić information content (AvgIpc) is 2.51. The summed E-state index contributed by atoms with van der Waals surface area (Å²) in [4.78, 5) is 12.7. The fourth-order valence-electron chi connectivity index (χ4n) is 2.34. The first kappa shape index (κ1) is 16.6. The van der Waals surface area contributed by atoms with E-state index >= 15 is 0 Å². The minimum absolute atomic E-state index is 0.159. The predicted molar refractivity (Wildman–Crippen MR) is 93.8 cm³/mol. The number of amides is 1. The highest BCUT2D eigenvalue weighted by molar-refractivity contribution is 9.10. The van der Waals surface area contributed by atoms with Crippen LogP contribution in [0.5, 0.6) is 5.75 Å². The number of benzene rings is 2. The first-order valence-electron chi connectivity index (χ1n) is 7.39. The number of rotatable bonds is 5. The molecular formula is C18H20BrNO2. The predicted octanol–water partition coefficient (Wildman–Crippen LogP) is 4.97. The van der Waals surface area contributed by atoms with Crippen molar-refractivity contribution in [3.05, 3.63) is 57.6 Å². The van der Waals surface area contributed by atoms with Gasteiger partial charge in [-0.1, -0.05) is 41.1 Å². The molecule has 2 aromatic rings. The lowest BCUT2D eigenvalue weighted by atomic mass is 10.1. The van der Waals surface area contributed by atoms with Crippen LogP contribution in [0.15, 0.2) is 40.9 Å². The maximum atomic E-state index is 12.7. The molecule has 22 heavy (non-hydrogen) atoms. The van der Waals surface area contributed by atoms with Crippen LogP contribution < -0.4 is 10.1 Å². The van der Waals surface area contributed by atoms with Gasteiger partial charge >= 0.3 is 0 Å². The van der Waals surface area contributed by atoms with Crippen LogP contribution in [-0.2, 0) is 6.42 Å². The number of hydrogen-bond acceptors (Lipinski definition) is 2. The molecule has 0 aliphatic rings. The van der Waals surface area contributed by atoms with Gasteiger partial charge in [0.05, 0.1) is 12.2 Å². The first-order chi connectivity index (χ1) is 10.6. The van der Waals surface area contributed by atoms with Crippen LogP contribution >= 0.6 is 15.9 Å². The fraction of sp³-hybridized carbons (Fsp3) is 0.278. The van der Waals surface area contributed by atoms with E-state index < -0.39 is 0 Å². The molecule has 3 nitrogen and oxygen atoms in total. The summed E-state index contributed by atoms with van der Waals surface area (Å²) in [6.07, 6.45) is 0.869. The number of carbonyl (C=O) groups is 1. The molecule has 0 aliphatic heterocycles. The van der Waals surface area contributed by atoms with Gasteiger partial charge in [0.1, 0.15) is 5.75 Å². The molecular weight excluding hydrogens is 342 g/mol. The van der Waals surface area contributed by atoms with Crippen molar-refractivity contribution >= 4 is 27.5 Å². The van der Waals surface area contributed by atoms with Crippen LogP contribution in [0.2, 0.25) is 0 Å². The van der Waals surface area contributed by atoms with Crippen molar-refractivity contribution in [3.8, 4) is 5.75 Å². The third-order valence-corrected chi connectivity index (χ3v) is 3.96. The minimum Gasteiger partial charge on any atom is -0.493 e. The van der Waals surface area contributed by atoms with Crippen molar-refractivity contribution in [1.29, 1.82) is 0 Å². The second-order valence-electron chi connectivity index (χ2n) is 4.99. The second-order valence-corrected chi connectivity index (χ2v) is 5.91. The van der Waals surface area contributed by atoms with Gasteiger partial charge in [0.2, 0.25) is 0 Å². The molecule has 0 unspecified atom stereocenters. The summed E-state index contributed by atoms with van der Waals surface area (Å²) >= 11 is 3.41. The van der Waals surface area contributed by atoms with E-state index in [9.17, 15) is 4.79 Å². The Balaban J connectivity index is 2.36. The van der Waals surface area contributed by atoms with Crippen LogP contribution in [0.4, 0.5) is 5.69 Å². The fourth-order valence-corrected chi connectivity index (χ4v) is 2.70. The second kappa shape index (κ2) is 7.45. The standard InChI is InChI=1S/C18H20BrNO2/c1-4-13-8-6-7-12(3)17(13)20-18(21)15-11-14(19)9-10-16(15)22-5-2/h6-11H,4-5H2,1-3H3,(H,20,21). The van der Waals surface area contributed by atoms with Crippen LogP contribution in [0.25, 0.3) is 0 Å². The molecule has 0 radical (unpaired) electrons. The number of aryl methyl sites for hydroxylation is 2. The van der Waals surface area contributed by atoms with Crippen molar-refractivity contribution in [2.75, 3.05) is 11.9 Å². The molecule has 0 atom stereocenters. The lowest BCUT2D eigenvalue weighted by Gasteiger charge is -2.15. The van der Waals surface area contributed by atoms with Gasteiger partial charge < -0.3 is 10.1 Å². The molecule has 1 N–H and O–H groups in total. The van der Waals surface area contributed by atoms with Gasteiger partial charge in [-0.15, -0.1) is 0 Å². The normalized spacial score (nSPS) is 10.4. The quantitative estimate of drug-likeness (QED) is 0.816. The summed E-state index contributed by atoms with van der Waals surface area (Å²) in [5.41, 5.74) is 3.60. The highest BCUT2D eigenvalue weighted by atomic mass is 79.9. The summed E-state index contributed by atoms with van der Waals surface area (Å²) in [5, 5.41) is 3.03. The average molecular weight is 362 g/mol. The van der Waals surface area contributed by atoms with E-state index in [1.165, 1.54) is 0 Å². The molecule has 0 spiro atoms. The van der Waals surface area contributed by atoms with Crippen molar-refractivity contribution in [1.82, 2.24) is 0 Å². The van der Waals surface area contributed by atoms with Gasteiger partial charge in [-0.05, 0) is 49.6 Å². The topological polar surface area (TPSA) is 38.3 Å². The number of ether oxygens (including phenoxy) is 1. The Morgan fingerprint density at radius 2 is 2.00 bits per heavy atom. The Morgan fingerprint density at radius 1 is 1.23 bits per heavy atom. The van der Waals surface area contributed by atoms with Gasteiger partial charge in [0.15, 0.2) is 0 Å². The molecule has 4 heteroatoms. The molecule has 0 fully saturated rings. The van der Waals surface area contributed by atoms with Gasteiger partial charge in [-0.25, -0.2) is 0 Å². The van der Waals surface area contributed by atoms with E-state index in [1.54, 1.807) is 12.1 Å². The molecule has 0 bridgehead atoms. The van der Waals surface area contributed by atoms with E-state index in [2.05, 4.69) is 28.2 Å². The van der Waals surface area contributed by atoms with Crippen LogP contribution in [0.1, 0.15) is 35.3 Å². The van der Waals surface area contributed by atoms with E-state index in [-0.39, 0.29) is 5.91 Å². The number of nitrogens with one attached hydrogen (secondary N) is 1. The molecule has 0 heterocycles. The number of anilines is 1. The van der Waals surface area contributed by atoms with Gasteiger partial charge in [-0.3, -0.25) is 4.79 Å². The maximum absolute atomic E-state index is 12.7. The Hall–Kier alpha value is -1.81. The van der Waals surface area contributed by atoms with Crippen molar-refractivity contribution in [3.63, 3.8) is 0 Å². The SMILES string of the molecule is CCOc1ccc(Br)cc1C(=O)Nc1c(C)cccc1CC. The van der Waals surface area contributed by atoms with E-state index in [0.29, 0.717) is 17.9 Å². The van der Waals surface area contributed by atoms with Crippen molar-refractivity contribution in [2.24, 2.45) is 0 Å². The molecule has 2 aromatic carbocycles. The first-order valence-corrected chi connectivity index (χ1v) is 8.18. The van der Waals surface area contributed by atoms with Crippen molar-refractivity contribution in [2.45, 2.75) is 27.2 Å². The minimum atomic E-state index is -0.159. The van der Waals surface area contributed by atoms with Gasteiger partial charge in [0.25, 0.3) is 5.91 Å². The molecule has 1 amide bonds. The molecule has 2 rings (SSSR count). The van der Waals surface area contributed by atoms with Crippen molar-refractivity contribution < 1.29 is 9.53 Å². The summed E-state index contributed by atoms with van der Waals surface area (Å²) in [6.45, 7) is 6.50. The Morgan fingerprint density at radius 3 is 2.68 bits per heavy atom. The summed E-state index contributed by atoms with van der Waals surface area (Å²) < 4.78 is 6.40. The number of para-hydroxylation sites is 1. The third-order valence-electron chi connectivity index (χ3n) is 3.46. The van der Waals surface area contributed by atoms with Crippen LogP contribution in [-0.4, -0.2) is 12.5 Å². The zero-order chi connectivity index (χ0) is 16.1. The highest BCUT2D eigenvalue weighted by Crippen LogP contribution is 2.26. The van der Waals surface area contributed by atoms with Gasteiger partial charge in [-0.2, -0.15) is 0 Å². The summed E-state index contributed by atoms with van der Waals surface area (Å²) in [6, 6.07) is 11.5. The zero-order valence-corrected chi connectivity index (χ0v) is 14.7. The molecule has 0 saturated carbocycles. The molecule has 0 aromatic heterocycles. The van der Waals surface area contributed by atoms with E-state index in [1.807, 2.05) is 38.1 Å². The van der Waals surface area contributed by atoms with Crippen LogP contribution in [0, 0.1) is 6.92 Å². The molecule has 0 aliphatic carbocycles. The van der Waals surface area contributed by atoms with Gasteiger partial charge in [0, 0.05) is 10.2 Å². The number of halogens is 1.